The summed E-state index contributed by atoms with van der Waals surface area (Å²) in [5.41, 5.74) is 0.374. The minimum atomic E-state index is -0.430. The fourth-order valence-corrected chi connectivity index (χ4v) is 0.444. The van der Waals surface area contributed by atoms with Crippen LogP contribution in [0, 0.1) is 0 Å². The molecule has 3 nitrogen and oxygen atoms in total. The lowest BCUT2D eigenvalue weighted by Crippen LogP contribution is -1.98. The molecule has 3 heteroatoms. The van der Waals surface area contributed by atoms with Crippen LogP contribution in [0.25, 0.3) is 0 Å². The molecule has 0 unspecified atom stereocenters. The molecule has 0 heterocycles. The molecule has 72 valence electrons. The Morgan fingerprint density at radius 3 is 2.54 bits per heavy atom. The number of hydrogen-bond acceptors (Lipinski definition) is 3. The normalized spacial score (nSPS) is 10.6. The Hall–Kier alpha value is -1.51. The minimum absolute atomic E-state index is 0.374. The molecule has 0 aliphatic heterocycles. The first-order chi connectivity index (χ1) is 6.18. The van der Waals surface area contributed by atoms with Crippen molar-refractivity contribution in [2.45, 2.75) is 13.8 Å². The quantitative estimate of drug-likeness (QED) is 0.283. The molecule has 0 fully saturated rings. The van der Waals surface area contributed by atoms with E-state index in [4.69, 9.17) is 4.74 Å². The van der Waals surface area contributed by atoms with Crippen LogP contribution >= 0.6 is 0 Å². The summed E-state index contributed by atoms with van der Waals surface area (Å²) in [6, 6.07) is 0. The van der Waals surface area contributed by atoms with Gasteiger partial charge < -0.3 is 9.47 Å². The zero-order valence-electron chi connectivity index (χ0n) is 7.95. The van der Waals surface area contributed by atoms with Crippen molar-refractivity contribution in [1.82, 2.24) is 0 Å². The number of allylic oxidation sites excluding steroid dienone is 2. The Morgan fingerprint density at radius 1 is 1.38 bits per heavy atom. The van der Waals surface area contributed by atoms with Crippen LogP contribution in [0.1, 0.15) is 13.8 Å². The minimum Gasteiger partial charge on any atom is -0.501 e. The van der Waals surface area contributed by atoms with Crippen molar-refractivity contribution in [3.05, 3.63) is 36.8 Å². The zero-order valence-corrected chi connectivity index (χ0v) is 7.95. The lowest BCUT2D eigenvalue weighted by atomic mass is 10.4. The van der Waals surface area contributed by atoms with E-state index in [2.05, 4.69) is 11.3 Å². The zero-order chi connectivity index (χ0) is 10.1. The number of rotatable bonds is 5. The maximum absolute atomic E-state index is 10.8. The van der Waals surface area contributed by atoms with Crippen LogP contribution in [0.5, 0.6) is 0 Å². The summed E-state index contributed by atoms with van der Waals surface area (Å²) < 4.78 is 9.56. The molecular formula is C10H14O3. The van der Waals surface area contributed by atoms with Gasteiger partial charge in [-0.05, 0) is 26.0 Å². The van der Waals surface area contributed by atoms with Gasteiger partial charge in [0.1, 0.15) is 0 Å². The molecule has 0 spiro atoms. The largest absolute Gasteiger partial charge is 0.501 e. The van der Waals surface area contributed by atoms with Crippen LogP contribution in [0.2, 0.25) is 0 Å². The van der Waals surface area contributed by atoms with Crippen molar-refractivity contribution in [2.24, 2.45) is 0 Å². The van der Waals surface area contributed by atoms with Gasteiger partial charge in [0.25, 0.3) is 0 Å². The van der Waals surface area contributed by atoms with Crippen molar-refractivity contribution in [1.29, 1.82) is 0 Å². The molecule has 0 aromatic carbocycles. The second-order valence-electron chi connectivity index (χ2n) is 2.30. The summed E-state index contributed by atoms with van der Waals surface area (Å²) >= 11 is 0. The fraction of sp³-hybridized carbons (Fsp3) is 0.300. The highest BCUT2D eigenvalue weighted by Crippen LogP contribution is 1.92. The van der Waals surface area contributed by atoms with Crippen molar-refractivity contribution in [3.8, 4) is 0 Å². The van der Waals surface area contributed by atoms with Crippen LogP contribution in [-0.4, -0.2) is 12.6 Å². The number of esters is 1. The average molecular weight is 182 g/mol. The number of carbonyl (C=O) groups excluding carboxylic acids is 1. The molecule has 0 saturated heterocycles. The van der Waals surface area contributed by atoms with Crippen LogP contribution in [0.4, 0.5) is 0 Å². The Kier molecular flexibility index (Phi) is 6.32. The third-order valence-corrected chi connectivity index (χ3v) is 1.05. The first kappa shape index (κ1) is 11.5. The molecule has 0 atom stereocenters. The van der Waals surface area contributed by atoms with E-state index in [0.717, 1.165) is 0 Å². The number of hydrogen-bond donors (Lipinski definition) is 0. The molecule has 0 amide bonds. The molecule has 0 radical (unpaired) electrons. The van der Waals surface area contributed by atoms with E-state index in [1.54, 1.807) is 19.1 Å². The highest BCUT2D eigenvalue weighted by atomic mass is 16.5. The van der Waals surface area contributed by atoms with Crippen molar-refractivity contribution in [2.75, 3.05) is 6.61 Å². The Balaban J connectivity index is 3.63. The molecular weight excluding hydrogens is 168 g/mol. The van der Waals surface area contributed by atoms with Crippen LogP contribution < -0.4 is 0 Å². The van der Waals surface area contributed by atoms with Gasteiger partial charge in [0.15, 0.2) is 0 Å². The fourth-order valence-electron chi connectivity index (χ4n) is 0.444. The molecule has 0 saturated carbocycles. The van der Waals surface area contributed by atoms with Crippen molar-refractivity contribution < 1.29 is 14.3 Å². The van der Waals surface area contributed by atoms with Crippen LogP contribution in [-0.2, 0) is 14.3 Å². The average Bonchev–Trinajstić information content (AvgIpc) is 2.10. The first-order valence-corrected chi connectivity index (χ1v) is 3.98. The highest BCUT2D eigenvalue weighted by Gasteiger charge is 1.97. The predicted octanol–water partition coefficient (Wildman–Crippen LogP) is 2.17. The number of carbonyl (C=O) groups is 1. The number of ether oxygens (including phenoxy) is 2. The van der Waals surface area contributed by atoms with Gasteiger partial charge in [-0.1, -0.05) is 6.58 Å². The van der Waals surface area contributed by atoms with Crippen molar-refractivity contribution in [3.63, 3.8) is 0 Å². The topological polar surface area (TPSA) is 35.5 Å². The highest BCUT2D eigenvalue weighted by molar-refractivity contribution is 5.87. The summed E-state index contributed by atoms with van der Waals surface area (Å²) in [5, 5.41) is 0. The molecule has 0 aliphatic rings. The lowest BCUT2D eigenvalue weighted by molar-refractivity contribution is -0.133. The van der Waals surface area contributed by atoms with Gasteiger partial charge in [-0.3, -0.25) is 0 Å². The van der Waals surface area contributed by atoms with E-state index >= 15 is 0 Å². The summed E-state index contributed by atoms with van der Waals surface area (Å²) in [6.07, 6.45) is 6.00. The van der Waals surface area contributed by atoms with Gasteiger partial charge in [-0.15, -0.1) is 0 Å². The summed E-state index contributed by atoms with van der Waals surface area (Å²) in [7, 11) is 0. The summed E-state index contributed by atoms with van der Waals surface area (Å²) in [5.74, 6) is -0.430. The van der Waals surface area contributed by atoms with E-state index in [9.17, 15) is 4.79 Å². The monoisotopic (exact) mass is 182 g/mol. The van der Waals surface area contributed by atoms with Gasteiger partial charge in [-0.2, -0.15) is 0 Å². The molecule has 0 aromatic heterocycles. The predicted molar refractivity (Wildman–Crippen MR) is 50.8 cm³/mol. The van der Waals surface area contributed by atoms with E-state index in [0.29, 0.717) is 12.2 Å². The first-order valence-electron chi connectivity index (χ1n) is 3.98. The molecule has 0 N–H and O–H groups in total. The maximum atomic E-state index is 10.8. The molecule has 0 rings (SSSR count). The van der Waals surface area contributed by atoms with E-state index in [1.807, 2.05) is 6.92 Å². The van der Waals surface area contributed by atoms with E-state index in [-0.39, 0.29) is 0 Å². The molecule has 0 bridgehead atoms. The van der Waals surface area contributed by atoms with Gasteiger partial charge in [0.05, 0.1) is 19.1 Å². The van der Waals surface area contributed by atoms with Crippen LogP contribution in [0.15, 0.2) is 36.8 Å². The maximum Gasteiger partial charge on any atom is 0.337 e. The van der Waals surface area contributed by atoms with Gasteiger partial charge in [-0.25, -0.2) is 4.79 Å². The second kappa shape index (κ2) is 7.16. The summed E-state index contributed by atoms with van der Waals surface area (Å²) in [4.78, 5) is 10.8. The van der Waals surface area contributed by atoms with E-state index < -0.39 is 5.97 Å². The van der Waals surface area contributed by atoms with Crippen LogP contribution in [0.3, 0.4) is 0 Å². The van der Waals surface area contributed by atoms with E-state index in [1.165, 1.54) is 12.5 Å². The third-order valence-electron chi connectivity index (χ3n) is 1.05. The second-order valence-corrected chi connectivity index (χ2v) is 2.30. The van der Waals surface area contributed by atoms with Gasteiger partial charge >= 0.3 is 5.97 Å². The Bertz CT molecular complexity index is 226. The smallest absolute Gasteiger partial charge is 0.337 e. The molecule has 13 heavy (non-hydrogen) atoms. The molecule has 0 aromatic rings. The Morgan fingerprint density at radius 2 is 2.00 bits per heavy atom. The molecule has 0 aliphatic carbocycles. The Labute approximate surface area is 78.3 Å². The van der Waals surface area contributed by atoms with Gasteiger partial charge in [0.2, 0.25) is 0 Å². The van der Waals surface area contributed by atoms with Crippen molar-refractivity contribution >= 4 is 5.97 Å². The third kappa shape index (κ3) is 6.87. The lowest BCUT2D eigenvalue weighted by Gasteiger charge is -1.94. The SMILES string of the molecule is C=C(C)C(=O)OC=CC=COCC. The summed E-state index contributed by atoms with van der Waals surface area (Å²) in [6.45, 7) is 7.53. The van der Waals surface area contributed by atoms with Gasteiger partial charge in [0, 0.05) is 5.57 Å². The standard InChI is InChI=1S/C10H14O3/c1-4-12-7-5-6-8-13-10(11)9(2)3/h5-8H,2,4H2,1,3H3.